The number of anilines is 1. The van der Waals surface area contributed by atoms with Crippen LogP contribution in [-0.4, -0.2) is 72.6 Å². The highest BCUT2D eigenvalue weighted by Crippen LogP contribution is 2.18. The summed E-state index contributed by atoms with van der Waals surface area (Å²) >= 11 is 1.69. The molecule has 1 atom stereocenters. The van der Waals surface area contributed by atoms with Gasteiger partial charge in [-0.15, -0.1) is 11.3 Å². The molecule has 1 aliphatic heterocycles. The molecule has 0 radical (unpaired) electrons. The van der Waals surface area contributed by atoms with E-state index in [-0.39, 0.29) is 0 Å². The largest absolute Gasteiger partial charge is 0.370 e. The van der Waals surface area contributed by atoms with Crippen LogP contribution in [0.1, 0.15) is 19.4 Å². The third-order valence-electron chi connectivity index (χ3n) is 5.40. The molecular formula is C21H32N6S. The lowest BCUT2D eigenvalue weighted by Gasteiger charge is -2.35. The average Bonchev–Trinajstić information content (AvgIpc) is 3.28. The topological polar surface area (TPSA) is 61.0 Å². The Kier molecular flexibility index (Phi) is 7.68. The van der Waals surface area contributed by atoms with Crippen LogP contribution in [0.25, 0.3) is 0 Å². The van der Waals surface area contributed by atoms with Crippen LogP contribution < -0.4 is 10.6 Å². The molecule has 3 rings (SSSR count). The molecule has 7 heteroatoms. The Bertz CT molecular complexity index is 706. The minimum atomic E-state index is 0.368. The Morgan fingerprint density at radius 3 is 2.50 bits per heavy atom. The normalized spacial score (nSPS) is 16.6. The second kappa shape index (κ2) is 10.4. The van der Waals surface area contributed by atoms with Gasteiger partial charge >= 0.3 is 0 Å². The molecule has 2 heterocycles. The van der Waals surface area contributed by atoms with Crippen LogP contribution in [0.2, 0.25) is 0 Å². The maximum Gasteiger partial charge on any atom is 0.191 e. The van der Waals surface area contributed by atoms with Crippen LogP contribution in [0.5, 0.6) is 0 Å². The van der Waals surface area contributed by atoms with Gasteiger partial charge in [-0.3, -0.25) is 9.89 Å². The Hall–Kier alpha value is -2.12. The van der Waals surface area contributed by atoms with Crippen molar-refractivity contribution in [2.75, 3.05) is 50.7 Å². The average molecular weight is 401 g/mol. The van der Waals surface area contributed by atoms with Gasteiger partial charge in [-0.25, -0.2) is 4.98 Å². The van der Waals surface area contributed by atoms with Gasteiger partial charge in [0, 0.05) is 43.8 Å². The molecule has 1 aromatic heterocycles. The minimum absolute atomic E-state index is 0.368. The van der Waals surface area contributed by atoms with Gasteiger partial charge in [0.2, 0.25) is 0 Å². The second-order valence-electron chi connectivity index (χ2n) is 7.05. The number of aliphatic imine (C=N–C) groups is 1. The highest BCUT2D eigenvalue weighted by atomic mass is 32.1. The zero-order valence-corrected chi connectivity index (χ0v) is 17.8. The first-order valence-electron chi connectivity index (χ1n) is 10.2. The summed E-state index contributed by atoms with van der Waals surface area (Å²) in [6.07, 6.45) is 2.86. The van der Waals surface area contributed by atoms with Gasteiger partial charge in [0.25, 0.3) is 0 Å². The van der Waals surface area contributed by atoms with Crippen LogP contribution in [0.4, 0.5) is 5.13 Å². The van der Waals surface area contributed by atoms with Gasteiger partial charge in [0.05, 0.1) is 6.54 Å². The summed E-state index contributed by atoms with van der Waals surface area (Å²) in [7, 11) is 0. The van der Waals surface area contributed by atoms with E-state index in [0.717, 1.165) is 57.4 Å². The Morgan fingerprint density at radius 1 is 1.18 bits per heavy atom. The van der Waals surface area contributed by atoms with Crippen molar-refractivity contribution >= 4 is 22.4 Å². The summed E-state index contributed by atoms with van der Waals surface area (Å²) in [4.78, 5) is 16.2. The molecule has 2 aromatic rings. The molecular weight excluding hydrogens is 368 g/mol. The van der Waals surface area contributed by atoms with Crippen molar-refractivity contribution < 1.29 is 0 Å². The lowest BCUT2D eigenvalue weighted by atomic mass is 10.0. The van der Waals surface area contributed by atoms with E-state index in [9.17, 15) is 0 Å². The second-order valence-corrected chi connectivity index (χ2v) is 7.93. The fraction of sp³-hybridized carbons (Fsp3) is 0.524. The first-order chi connectivity index (χ1) is 13.7. The van der Waals surface area contributed by atoms with Gasteiger partial charge in [0.15, 0.2) is 11.1 Å². The lowest BCUT2D eigenvalue weighted by molar-refractivity contribution is 0.220. The smallest absolute Gasteiger partial charge is 0.191 e. The molecule has 0 saturated carbocycles. The third kappa shape index (κ3) is 5.45. The molecule has 0 amide bonds. The zero-order chi connectivity index (χ0) is 19.8. The van der Waals surface area contributed by atoms with Crippen LogP contribution >= 0.6 is 11.3 Å². The molecule has 1 unspecified atom stereocenters. The van der Waals surface area contributed by atoms with Crippen molar-refractivity contribution in [3.63, 3.8) is 0 Å². The summed E-state index contributed by atoms with van der Waals surface area (Å²) in [6, 6.07) is 11.0. The van der Waals surface area contributed by atoms with Crippen molar-refractivity contribution in [2.24, 2.45) is 10.7 Å². The van der Waals surface area contributed by atoms with Crippen molar-refractivity contribution in [2.45, 2.75) is 26.3 Å². The van der Waals surface area contributed by atoms with Crippen LogP contribution in [0.15, 0.2) is 46.9 Å². The summed E-state index contributed by atoms with van der Waals surface area (Å²) < 4.78 is 0. The fourth-order valence-corrected chi connectivity index (χ4v) is 4.43. The zero-order valence-electron chi connectivity index (χ0n) is 17.0. The molecule has 1 fully saturated rings. The molecule has 2 N–H and O–H groups in total. The van der Waals surface area contributed by atoms with Gasteiger partial charge in [0.1, 0.15) is 0 Å². The molecule has 1 aromatic carbocycles. The number of benzene rings is 1. The summed E-state index contributed by atoms with van der Waals surface area (Å²) in [6.45, 7) is 10.9. The molecule has 0 aliphatic carbocycles. The molecule has 0 bridgehead atoms. The summed E-state index contributed by atoms with van der Waals surface area (Å²) in [5, 5.41) is 3.12. The number of nitrogens with two attached hydrogens (primary N) is 1. The number of piperazine rings is 1. The van der Waals surface area contributed by atoms with E-state index in [4.69, 9.17) is 10.7 Å². The number of guanidine groups is 1. The Labute approximate surface area is 172 Å². The lowest BCUT2D eigenvalue weighted by Crippen LogP contribution is -2.51. The minimum Gasteiger partial charge on any atom is -0.370 e. The van der Waals surface area contributed by atoms with E-state index >= 15 is 0 Å². The number of hydrogen-bond donors (Lipinski definition) is 1. The molecule has 6 nitrogen and oxygen atoms in total. The van der Waals surface area contributed by atoms with Crippen molar-refractivity contribution in [1.82, 2.24) is 14.8 Å². The van der Waals surface area contributed by atoms with E-state index in [0.29, 0.717) is 12.0 Å². The Balaban J connectivity index is 1.58. The molecule has 1 aliphatic rings. The summed E-state index contributed by atoms with van der Waals surface area (Å²) in [5.74, 6) is 0.670. The number of thiazole rings is 1. The number of hydrogen-bond acceptors (Lipinski definition) is 5. The standard InChI is InChI=1S/C21H32N6S/c1-3-25(4-2)19(16-18-8-6-5-7-9-18)17-24-20(22)26-11-13-27(14-12-26)21-23-10-15-28-21/h5-10,15,19H,3-4,11-14,16-17H2,1-2H3,(H2,22,24). The number of nitrogens with zero attached hydrogens (tertiary/aromatic N) is 5. The quantitative estimate of drug-likeness (QED) is 0.545. The maximum absolute atomic E-state index is 6.36. The van der Waals surface area contributed by atoms with E-state index in [1.54, 1.807) is 11.3 Å². The highest BCUT2D eigenvalue weighted by molar-refractivity contribution is 7.13. The first-order valence-corrected chi connectivity index (χ1v) is 11.1. The van der Waals surface area contributed by atoms with E-state index in [1.165, 1.54) is 5.56 Å². The maximum atomic E-state index is 6.36. The Morgan fingerprint density at radius 2 is 1.89 bits per heavy atom. The van der Waals surface area contributed by atoms with E-state index in [2.05, 4.69) is 63.9 Å². The van der Waals surface area contributed by atoms with Crippen LogP contribution in [0, 0.1) is 0 Å². The SMILES string of the molecule is CCN(CC)C(CN=C(N)N1CCN(c2nccs2)CC1)Cc1ccccc1. The van der Waals surface area contributed by atoms with Crippen molar-refractivity contribution in [3.8, 4) is 0 Å². The fourth-order valence-electron chi connectivity index (χ4n) is 3.73. The molecule has 28 heavy (non-hydrogen) atoms. The van der Waals surface area contributed by atoms with E-state index in [1.807, 2.05) is 11.6 Å². The number of aromatic nitrogens is 1. The van der Waals surface area contributed by atoms with Gasteiger partial charge in [-0.2, -0.15) is 0 Å². The van der Waals surface area contributed by atoms with Gasteiger partial charge in [-0.1, -0.05) is 44.2 Å². The van der Waals surface area contributed by atoms with Crippen LogP contribution in [0.3, 0.4) is 0 Å². The summed E-state index contributed by atoms with van der Waals surface area (Å²) in [5.41, 5.74) is 7.72. The van der Waals surface area contributed by atoms with Crippen LogP contribution in [-0.2, 0) is 6.42 Å². The van der Waals surface area contributed by atoms with E-state index < -0.39 is 0 Å². The van der Waals surface area contributed by atoms with Gasteiger partial charge < -0.3 is 15.5 Å². The van der Waals surface area contributed by atoms with Gasteiger partial charge in [-0.05, 0) is 25.1 Å². The van der Waals surface area contributed by atoms with Crippen molar-refractivity contribution in [3.05, 3.63) is 47.5 Å². The predicted molar refractivity (Wildman–Crippen MR) is 119 cm³/mol. The highest BCUT2D eigenvalue weighted by Gasteiger charge is 2.21. The number of rotatable bonds is 8. The predicted octanol–water partition coefficient (Wildman–Crippen LogP) is 2.53. The molecule has 0 spiro atoms. The van der Waals surface area contributed by atoms with Crippen molar-refractivity contribution in [1.29, 1.82) is 0 Å². The monoisotopic (exact) mass is 400 g/mol. The molecule has 1 saturated heterocycles. The first kappa shape index (κ1) is 20.6. The molecule has 152 valence electrons. The third-order valence-corrected chi connectivity index (χ3v) is 6.23. The number of likely N-dealkylation sites (N-methyl/N-ethyl adjacent to an activating group) is 1.